The molecule has 1 aliphatic heterocycles. The Labute approximate surface area is 176 Å². The van der Waals surface area contributed by atoms with Crippen molar-refractivity contribution in [3.05, 3.63) is 29.3 Å². The van der Waals surface area contributed by atoms with Crippen molar-refractivity contribution >= 4 is 23.9 Å². The SMILES string of the molecule is CC(C)(C)OC(=O)N1CC(F)(F)CC1/C=N/Nc1c(F)cc(C(=O)NC2CC2)cc1F. The van der Waals surface area contributed by atoms with Gasteiger partial charge in [-0.2, -0.15) is 5.10 Å². The molecule has 0 aromatic heterocycles. The highest BCUT2D eigenvalue weighted by Gasteiger charge is 2.47. The molecule has 1 aliphatic carbocycles. The first kappa shape index (κ1) is 22.8. The van der Waals surface area contributed by atoms with E-state index >= 15 is 0 Å². The van der Waals surface area contributed by atoms with Crippen LogP contribution in [0.5, 0.6) is 0 Å². The molecular weight excluding hydrogens is 420 g/mol. The Morgan fingerprint density at radius 2 is 1.84 bits per heavy atom. The van der Waals surface area contributed by atoms with Gasteiger partial charge >= 0.3 is 6.09 Å². The van der Waals surface area contributed by atoms with E-state index in [1.54, 1.807) is 20.8 Å². The lowest BCUT2D eigenvalue weighted by atomic mass is 10.1. The van der Waals surface area contributed by atoms with Crippen molar-refractivity contribution in [3.63, 3.8) is 0 Å². The minimum Gasteiger partial charge on any atom is -0.444 e. The van der Waals surface area contributed by atoms with E-state index < -0.39 is 59.9 Å². The zero-order valence-corrected chi connectivity index (χ0v) is 17.3. The van der Waals surface area contributed by atoms with Gasteiger partial charge in [0, 0.05) is 24.2 Å². The summed E-state index contributed by atoms with van der Waals surface area (Å²) in [6.45, 7) is 3.95. The molecule has 3 rings (SSSR count). The van der Waals surface area contributed by atoms with Crippen molar-refractivity contribution in [3.8, 4) is 0 Å². The summed E-state index contributed by atoms with van der Waals surface area (Å²) in [5.74, 6) is -5.88. The van der Waals surface area contributed by atoms with Crippen LogP contribution in [0.1, 0.15) is 50.4 Å². The van der Waals surface area contributed by atoms with Crippen LogP contribution in [0.2, 0.25) is 0 Å². The molecule has 2 aliphatic rings. The Morgan fingerprint density at radius 1 is 1.23 bits per heavy atom. The van der Waals surface area contributed by atoms with Gasteiger partial charge in [-0.05, 0) is 45.7 Å². The molecule has 1 heterocycles. The summed E-state index contributed by atoms with van der Waals surface area (Å²) < 4.78 is 61.4. The van der Waals surface area contributed by atoms with Gasteiger partial charge < -0.3 is 10.1 Å². The van der Waals surface area contributed by atoms with Gasteiger partial charge in [0.25, 0.3) is 11.8 Å². The fourth-order valence-corrected chi connectivity index (χ4v) is 3.00. The number of anilines is 1. The van der Waals surface area contributed by atoms with Crippen LogP contribution in [0.25, 0.3) is 0 Å². The number of ether oxygens (including phenoxy) is 1. The average molecular weight is 444 g/mol. The molecule has 0 radical (unpaired) electrons. The lowest BCUT2D eigenvalue weighted by Crippen LogP contribution is -2.41. The van der Waals surface area contributed by atoms with E-state index in [9.17, 15) is 27.2 Å². The predicted octanol–water partition coefficient (Wildman–Crippen LogP) is 3.90. The third-order valence-corrected chi connectivity index (χ3v) is 4.58. The van der Waals surface area contributed by atoms with E-state index in [0.29, 0.717) is 0 Å². The lowest BCUT2D eigenvalue weighted by Gasteiger charge is -2.26. The molecule has 2 fully saturated rings. The third-order valence-electron chi connectivity index (χ3n) is 4.58. The zero-order valence-electron chi connectivity index (χ0n) is 17.3. The van der Waals surface area contributed by atoms with Crippen LogP contribution in [0.4, 0.5) is 28.0 Å². The van der Waals surface area contributed by atoms with Gasteiger partial charge in [-0.25, -0.2) is 22.4 Å². The summed E-state index contributed by atoms with van der Waals surface area (Å²) in [7, 11) is 0. The maximum absolute atomic E-state index is 14.3. The summed E-state index contributed by atoms with van der Waals surface area (Å²) in [5, 5.41) is 6.26. The van der Waals surface area contributed by atoms with Gasteiger partial charge in [0.15, 0.2) is 11.6 Å². The van der Waals surface area contributed by atoms with E-state index in [1.165, 1.54) is 0 Å². The molecule has 0 spiro atoms. The molecular formula is C20H24F4N4O3. The number of likely N-dealkylation sites (tertiary alicyclic amines) is 1. The summed E-state index contributed by atoms with van der Waals surface area (Å²) in [6, 6.07) is 0.607. The van der Waals surface area contributed by atoms with E-state index in [2.05, 4.69) is 15.8 Å². The highest BCUT2D eigenvalue weighted by Crippen LogP contribution is 2.32. The fraction of sp³-hybridized carbons (Fsp3) is 0.550. The van der Waals surface area contributed by atoms with Crippen LogP contribution < -0.4 is 10.7 Å². The van der Waals surface area contributed by atoms with Crippen molar-refractivity contribution in [2.75, 3.05) is 12.0 Å². The number of alkyl halides is 2. The molecule has 2 N–H and O–H groups in total. The number of hydrogen-bond donors (Lipinski definition) is 2. The fourth-order valence-electron chi connectivity index (χ4n) is 3.00. The molecule has 0 bridgehead atoms. The second-order valence-electron chi connectivity index (χ2n) is 8.69. The van der Waals surface area contributed by atoms with Crippen LogP contribution in [0, 0.1) is 11.6 Å². The number of amides is 2. The first-order valence-corrected chi connectivity index (χ1v) is 9.81. The van der Waals surface area contributed by atoms with E-state index in [-0.39, 0.29) is 11.6 Å². The molecule has 170 valence electrons. The summed E-state index contributed by atoms with van der Waals surface area (Å²) in [6.07, 6.45) is 0.974. The molecule has 11 heteroatoms. The van der Waals surface area contributed by atoms with E-state index in [4.69, 9.17) is 4.74 Å². The standard InChI is InChI=1S/C20H24F4N4O3/c1-19(2,3)31-18(30)28-10-20(23,24)8-13(28)9-25-27-16-14(21)6-11(7-15(16)22)17(29)26-12-4-5-12/h6-7,9,12-13,27H,4-5,8,10H2,1-3H3,(H,26,29)/b25-9+. The highest BCUT2D eigenvalue weighted by atomic mass is 19.3. The van der Waals surface area contributed by atoms with Crippen molar-refractivity contribution in [2.45, 2.75) is 63.6 Å². The lowest BCUT2D eigenvalue weighted by molar-refractivity contribution is -0.00207. The van der Waals surface area contributed by atoms with Crippen LogP contribution in [-0.4, -0.2) is 53.3 Å². The molecule has 7 nitrogen and oxygen atoms in total. The third kappa shape index (κ3) is 6.08. The quantitative estimate of drug-likeness (QED) is 0.410. The molecule has 1 aromatic rings. The van der Waals surface area contributed by atoms with Crippen molar-refractivity contribution < 1.29 is 31.9 Å². The first-order valence-electron chi connectivity index (χ1n) is 9.81. The van der Waals surface area contributed by atoms with Gasteiger partial charge in [-0.3, -0.25) is 15.1 Å². The number of carbonyl (C=O) groups is 2. The first-order chi connectivity index (χ1) is 14.3. The van der Waals surface area contributed by atoms with Crippen molar-refractivity contribution in [2.24, 2.45) is 5.10 Å². The number of nitrogens with zero attached hydrogens (tertiary/aromatic N) is 2. The number of rotatable bonds is 5. The Kier molecular flexibility index (Phi) is 6.15. The summed E-state index contributed by atoms with van der Waals surface area (Å²) in [5.41, 5.74) is 0.423. The van der Waals surface area contributed by atoms with Gasteiger partial charge in [-0.15, -0.1) is 0 Å². The molecule has 1 aromatic carbocycles. The predicted molar refractivity (Wildman–Crippen MR) is 105 cm³/mol. The molecule has 1 atom stereocenters. The molecule has 1 unspecified atom stereocenters. The smallest absolute Gasteiger partial charge is 0.411 e. The topological polar surface area (TPSA) is 83.0 Å². The minimum absolute atomic E-state index is 0.0264. The number of carbonyl (C=O) groups excluding carboxylic acids is 2. The van der Waals surface area contributed by atoms with Gasteiger partial charge in [-0.1, -0.05) is 0 Å². The number of hydrogen-bond acceptors (Lipinski definition) is 5. The highest BCUT2D eigenvalue weighted by molar-refractivity contribution is 5.95. The Bertz CT molecular complexity index is 874. The number of hydrazone groups is 1. The maximum Gasteiger partial charge on any atom is 0.411 e. The van der Waals surface area contributed by atoms with Crippen molar-refractivity contribution in [1.82, 2.24) is 10.2 Å². The Hall–Kier alpha value is -2.85. The Balaban J connectivity index is 1.69. The van der Waals surface area contributed by atoms with E-state index in [1.807, 2.05) is 0 Å². The van der Waals surface area contributed by atoms with Crippen LogP contribution in [-0.2, 0) is 4.74 Å². The van der Waals surface area contributed by atoms with Crippen LogP contribution in [0.15, 0.2) is 17.2 Å². The maximum atomic E-state index is 14.3. The molecule has 1 saturated carbocycles. The average Bonchev–Trinajstić information content (AvgIpc) is 3.37. The monoisotopic (exact) mass is 444 g/mol. The van der Waals surface area contributed by atoms with Gasteiger partial charge in [0.1, 0.15) is 11.3 Å². The minimum atomic E-state index is -3.15. The van der Waals surface area contributed by atoms with Crippen LogP contribution >= 0.6 is 0 Å². The number of halogens is 4. The van der Waals surface area contributed by atoms with Gasteiger partial charge in [0.2, 0.25) is 0 Å². The zero-order chi connectivity index (χ0) is 23.0. The second-order valence-corrected chi connectivity index (χ2v) is 8.69. The molecule has 2 amide bonds. The normalized spacial score (nSPS) is 20.7. The summed E-state index contributed by atoms with van der Waals surface area (Å²) in [4.78, 5) is 25.0. The molecule has 31 heavy (non-hydrogen) atoms. The van der Waals surface area contributed by atoms with Crippen molar-refractivity contribution in [1.29, 1.82) is 0 Å². The Morgan fingerprint density at radius 3 is 2.39 bits per heavy atom. The number of nitrogens with one attached hydrogen (secondary N) is 2. The van der Waals surface area contributed by atoms with E-state index in [0.717, 1.165) is 36.1 Å². The van der Waals surface area contributed by atoms with Gasteiger partial charge in [0.05, 0.1) is 12.6 Å². The second kappa shape index (κ2) is 8.35. The van der Waals surface area contributed by atoms with Crippen LogP contribution in [0.3, 0.4) is 0 Å². The largest absolute Gasteiger partial charge is 0.444 e. The number of benzene rings is 1. The molecule has 1 saturated heterocycles. The summed E-state index contributed by atoms with van der Waals surface area (Å²) >= 11 is 0.